The van der Waals surface area contributed by atoms with E-state index in [0.29, 0.717) is 10.7 Å². The smallest absolute Gasteiger partial charge is 0.310 e. The molecule has 27 heavy (non-hydrogen) atoms. The van der Waals surface area contributed by atoms with Crippen LogP contribution in [0.25, 0.3) is 11.0 Å². The maximum atomic E-state index is 11.1. The zero-order valence-electron chi connectivity index (χ0n) is 12.7. The fraction of sp³-hybridized carbons (Fsp3) is 0. The average molecular weight is 600 g/mol. The Labute approximate surface area is 187 Å². The van der Waals surface area contributed by atoms with Crippen molar-refractivity contribution in [3.63, 3.8) is 0 Å². The minimum Gasteiger partial charge on any atom is -0.310 e. The van der Waals surface area contributed by atoms with E-state index in [1.165, 1.54) is 17.2 Å². The largest absolute Gasteiger partial charge is 0.339 e. The monoisotopic (exact) mass is 596 g/mol. The molecule has 0 radical (unpaired) electrons. The van der Waals surface area contributed by atoms with Crippen molar-refractivity contribution in [1.29, 1.82) is 0 Å². The second-order valence-electron chi connectivity index (χ2n) is 4.54. The third kappa shape index (κ3) is 7.38. The first-order valence-electron chi connectivity index (χ1n) is 6.59. The van der Waals surface area contributed by atoms with Crippen molar-refractivity contribution in [3.05, 3.63) is 61.6 Å². The average Bonchev–Trinajstić information content (AvgIpc) is 3.09. The first kappa shape index (κ1) is 22.7. The van der Waals surface area contributed by atoms with Crippen molar-refractivity contribution in [3.8, 4) is 0 Å². The highest BCUT2D eigenvalue weighted by Crippen LogP contribution is 2.61. The van der Waals surface area contributed by atoms with Crippen LogP contribution in [0.1, 0.15) is 0 Å². The molecule has 4 aromatic rings. The summed E-state index contributed by atoms with van der Waals surface area (Å²) < 4.78 is 14.5. The summed E-state index contributed by atoms with van der Waals surface area (Å²) in [7, 11) is 0. The lowest BCUT2D eigenvalue weighted by molar-refractivity contribution is 0.600. The van der Waals surface area contributed by atoms with Gasteiger partial charge in [-0.25, -0.2) is 14.0 Å². The maximum Gasteiger partial charge on any atom is 0.339 e. The molecule has 1 N–H and O–H groups in total. The Hall–Kier alpha value is -0.610. The number of halogens is 6. The normalized spacial score (nSPS) is 10.9. The molecule has 0 aliphatic heterocycles. The summed E-state index contributed by atoms with van der Waals surface area (Å²) in [5.74, 6) is 0. The molecular weight excluding hydrogens is 593 g/mol. The van der Waals surface area contributed by atoms with Crippen molar-refractivity contribution >= 4 is 93.4 Å². The summed E-state index contributed by atoms with van der Waals surface area (Å²) in [6.45, 7) is 0. The van der Waals surface area contributed by atoms with Crippen molar-refractivity contribution in [2.75, 3.05) is 0 Å². The van der Waals surface area contributed by atoms with Crippen LogP contribution in [0.5, 0.6) is 0 Å². The molecule has 15 heteroatoms. The second-order valence-corrected chi connectivity index (χ2v) is 13.4. The van der Waals surface area contributed by atoms with Gasteiger partial charge in [-0.2, -0.15) is 10.2 Å². The highest BCUT2D eigenvalue weighted by molar-refractivity contribution is 9.10. The number of hydrogen-bond donors (Lipinski definition) is 1. The highest BCUT2D eigenvalue weighted by Gasteiger charge is 2.03. The molecule has 8 nitrogen and oxygen atoms in total. The molecule has 0 aliphatic carbocycles. The fourth-order valence-corrected chi connectivity index (χ4v) is 2.78. The van der Waals surface area contributed by atoms with Crippen molar-refractivity contribution in [2.45, 2.75) is 0 Å². The van der Waals surface area contributed by atoms with Gasteiger partial charge in [-0.05, 0) is 77.7 Å². The topological polar surface area (TPSA) is 97.4 Å². The maximum absolute atomic E-state index is 11.1. The van der Waals surface area contributed by atoms with Crippen LogP contribution in [0, 0.1) is 0 Å². The third-order valence-corrected chi connectivity index (χ3v) is 3.86. The van der Waals surface area contributed by atoms with E-state index in [-0.39, 0.29) is 5.56 Å². The van der Waals surface area contributed by atoms with Gasteiger partial charge in [0.25, 0.3) is 5.56 Å². The number of aromatic amines is 1. The Morgan fingerprint density at radius 1 is 1.00 bits per heavy atom. The molecule has 0 bridgehead atoms. The summed E-state index contributed by atoms with van der Waals surface area (Å²) in [5.41, 5.74) is 1.21. The Balaban J connectivity index is 0.000000157. The zero-order valence-corrected chi connectivity index (χ0v) is 19.8. The Kier molecular flexibility index (Phi) is 8.18. The molecule has 0 fully saturated rings. The number of hydrogen-bond acceptors (Lipinski definition) is 5. The Morgan fingerprint density at radius 3 is 2.04 bits per heavy atom. The number of H-pyrrole nitrogens is 1. The van der Waals surface area contributed by atoms with Gasteiger partial charge in [0, 0.05) is 21.3 Å². The molecule has 0 saturated heterocycles. The molecular formula is C12H7Br2Cl4N6O2P. The Bertz CT molecular complexity index is 1170. The van der Waals surface area contributed by atoms with E-state index in [2.05, 4.69) is 85.7 Å². The van der Waals surface area contributed by atoms with Crippen LogP contribution in [0.3, 0.4) is 0 Å². The quantitative estimate of drug-likeness (QED) is 0.260. The van der Waals surface area contributed by atoms with E-state index in [4.69, 9.17) is 11.6 Å². The second kappa shape index (κ2) is 9.73. The van der Waals surface area contributed by atoms with E-state index in [0.717, 1.165) is 14.5 Å². The molecule has 144 valence electrons. The molecule has 0 saturated carbocycles. The summed E-state index contributed by atoms with van der Waals surface area (Å²) in [5, 5.41) is 5.09. The van der Waals surface area contributed by atoms with Crippen molar-refractivity contribution in [2.24, 2.45) is 0 Å². The van der Waals surface area contributed by atoms with Crippen LogP contribution in [-0.2, 0) is 4.57 Å². The number of nitrogens with zero attached hydrogens (tertiary/aromatic N) is 5. The lowest BCUT2D eigenvalue weighted by Gasteiger charge is -1.91. The molecule has 4 aromatic heterocycles. The van der Waals surface area contributed by atoms with Crippen LogP contribution in [0.4, 0.5) is 0 Å². The Morgan fingerprint density at radius 2 is 1.52 bits per heavy atom. The predicted octanol–water partition coefficient (Wildman–Crippen LogP) is 5.74. The zero-order chi connectivity index (χ0) is 20.2. The first-order chi connectivity index (χ1) is 12.5. The molecule has 0 atom stereocenters. The summed E-state index contributed by atoms with van der Waals surface area (Å²) in [6, 6.07) is 3.58. The van der Waals surface area contributed by atoms with Gasteiger partial charge in [-0.3, -0.25) is 9.36 Å². The van der Waals surface area contributed by atoms with Gasteiger partial charge in [0.05, 0.1) is 0 Å². The van der Waals surface area contributed by atoms with Gasteiger partial charge >= 0.3 is 5.20 Å². The standard InChI is InChI=1S/C6H3BrClN3.C6H4BrN3O.Cl3OP/c7-4-1-5-6(8)9-3-10-11(5)2-4;7-4-1-5-6(11)8-3-9-10(5)2-4;1-5(2,3)4/h1-3H;1-3H,(H,8,9,11);. The molecule has 4 rings (SSSR count). The van der Waals surface area contributed by atoms with Crippen molar-refractivity contribution in [1.82, 2.24) is 29.2 Å². The van der Waals surface area contributed by atoms with Gasteiger partial charge in [0.2, 0.25) is 0 Å². The lowest BCUT2D eigenvalue weighted by Crippen LogP contribution is -2.09. The summed E-state index contributed by atoms with van der Waals surface area (Å²) in [4.78, 5) is 17.4. The van der Waals surface area contributed by atoms with E-state index >= 15 is 0 Å². The molecule has 0 aromatic carbocycles. The van der Waals surface area contributed by atoms with Crippen LogP contribution in [0.2, 0.25) is 5.15 Å². The third-order valence-electron chi connectivity index (χ3n) is 2.70. The lowest BCUT2D eigenvalue weighted by atomic mass is 10.5. The van der Waals surface area contributed by atoms with E-state index < -0.39 is 5.20 Å². The van der Waals surface area contributed by atoms with Crippen LogP contribution in [0.15, 0.2) is 50.9 Å². The van der Waals surface area contributed by atoms with Crippen molar-refractivity contribution < 1.29 is 4.57 Å². The van der Waals surface area contributed by atoms with Crippen LogP contribution in [-0.4, -0.2) is 29.2 Å². The molecule has 0 amide bonds. The summed E-state index contributed by atoms with van der Waals surface area (Å²) in [6.07, 6.45) is 6.33. The number of rotatable bonds is 0. The minimum absolute atomic E-state index is 0.134. The number of aromatic nitrogens is 6. The number of fused-ring (bicyclic) bond motifs is 2. The van der Waals surface area contributed by atoms with Gasteiger partial charge in [0.1, 0.15) is 23.7 Å². The summed E-state index contributed by atoms with van der Waals surface area (Å²) >= 11 is 26.2. The van der Waals surface area contributed by atoms with Crippen LogP contribution >= 0.6 is 82.4 Å². The molecule has 0 unspecified atom stereocenters. The molecule has 4 heterocycles. The number of nitrogens with one attached hydrogen (secondary N) is 1. The van der Waals surface area contributed by atoms with Crippen LogP contribution < -0.4 is 5.56 Å². The van der Waals surface area contributed by atoms with E-state index in [1.54, 1.807) is 16.8 Å². The van der Waals surface area contributed by atoms with Gasteiger partial charge in [0.15, 0.2) is 5.15 Å². The molecule has 0 aliphatic rings. The van der Waals surface area contributed by atoms with Gasteiger partial charge < -0.3 is 4.98 Å². The first-order valence-corrected chi connectivity index (χ1v) is 13.0. The molecule has 0 spiro atoms. The SMILES string of the molecule is Clc1ncnn2cc(Br)cc12.O=P(Cl)(Cl)Cl.O=c1[nH]cnn2cc(Br)cc12. The fourth-order valence-electron chi connectivity index (χ4n) is 1.78. The van der Waals surface area contributed by atoms with Gasteiger partial charge in [-0.15, -0.1) is 0 Å². The van der Waals surface area contributed by atoms with Gasteiger partial charge in [-0.1, -0.05) is 11.6 Å². The predicted molar refractivity (Wildman–Crippen MR) is 114 cm³/mol. The van der Waals surface area contributed by atoms with E-state index in [9.17, 15) is 9.36 Å². The van der Waals surface area contributed by atoms with E-state index in [1.807, 2.05) is 12.3 Å². The highest BCUT2D eigenvalue weighted by atomic mass is 79.9. The minimum atomic E-state index is -3.22.